The van der Waals surface area contributed by atoms with Crippen LogP contribution in [0.15, 0.2) is 47.9 Å². The number of hydrogen-bond donors (Lipinski definition) is 2. The Hall–Kier alpha value is -2.15. The number of rotatable bonds is 7. The van der Waals surface area contributed by atoms with Crippen molar-refractivity contribution in [2.45, 2.75) is 20.3 Å². The Bertz CT molecular complexity index is 907. The van der Waals surface area contributed by atoms with E-state index in [9.17, 15) is 13.2 Å². The highest BCUT2D eigenvalue weighted by atomic mass is 35.5. The molecule has 1 amide bonds. The van der Waals surface area contributed by atoms with Gasteiger partial charge in [0.25, 0.3) is 0 Å². The lowest BCUT2D eigenvalue weighted by atomic mass is 10.2. The molecule has 0 spiro atoms. The monoisotopic (exact) mass is 392 g/mol. The van der Waals surface area contributed by atoms with Crippen molar-refractivity contribution < 1.29 is 13.2 Å². The van der Waals surface area contributed by atoms with E-state index in [1.807, 2.05) is 38.1 Å². The number of aryl methyl sites for hydroxylation is 2. The Labute approximate surface area is 159 Å². The molecule has 2 N–H and O–H groups in total. The summed E-state index contributed by atoms with van der Waals surface area (Å²) in [5.41, 5.74) is 3.38. The first-order chi connectivity index (χ1) is 12.2. The van der Waals surface area contributed by atoms with E-state index in [0.29, 0.717) is 10.7 Å². The fourth-order valence-corrected chi connectivity index (χ4v) is 3.13. The van der Waals surface area contributed by atoms with Crippen LogP contribution in [0.1, 0.15) is 23.1 Å². The zero-order valence-corrected chi connectivity index (χ0v) is 16.2. The van der Waals surface area contributed by atoms with Crippen molar-refractivity contribution in [1.29, 1.82) is 0 Å². The summed E-state index contributed by atoms with van der Waals surface area (Å²) in [7, 11) is -3.60. The maximum absolute atomic E-state index is 12.0. The minimum Gasteiger partial charge on any atom is -0.326 e. The fourth-order valence-electron chi connectivity index (χ4n) is 2.14. The highest BCUT2D eigenvalue weighted by molar-refractivity contribution is 7.92. The van der Waals surface area contributed by atoms with Crippen molar-refractivity contribution in [1.82, 2.24) is 4.72 Å². The molecule has 0 saturated carbocycles. The number of benzene rings is 2. The summed E-state index contributed by atoms with van der Waals surface area (Å²) in [4.78, 5) is 12.0. The number of carbonyl (C=O) groups is 1. The van der Waals surface area contributed by atoms with E-state index in [1.54, 1.807) is 18.2 Å². The van der Waals surface area contributed by atoms with Crippen LogP contribution in [0.5, 0.6) is 0 Å². The predicted molar refractivity (Wildman–Crippen MR) is 107 cm³/mol. The Kier molecular flexibility index (Phi) is 6.97. The van der Waals surface area contributed by atoms with Crippen LogP contribution in [0.2, 0.25) is 5.02 Å². The zero-order valence-electron chi connectivity index (χ0n) is 14.6. The topological polar surface area (TPSA) is 75.3 Å². The Morgan fingerprint density at radius 3 is 2.50 bits per heavy atom. The lowest BCUT2D eigenvalue weighted by molar-refractivity contribution is -0.116. The normalized spacial score (nSPS) is 11.7. The van der Waals surface area contributed by atoms with Crippen LogP contribution in [0, 0.1) is 13.8 Å². The molecule has 138 valence electrons. The molecule has 2 aromatic carbocycles. The molecule has 0 bridgehead atoms. The molecule has 5 nitrogen and oxygen atoms in total. The van der Waals surface area contributed by atoms with Crippen LogP contribution in [-0.2, 0) is 14.8 Å². The van der Waals surface area contributed by atoms with E-state index in [0.717, 1.165) is 22.1 Å². The number of nitrogens with one attached hydrogen (secondary N) is 2. The third-order valence-corrected chi connectivity index (χ3v) is 4.98. The van der Waals surface area contributed by atoms with E-state index in [2.05, 4.69) is 10.0 Å². The van der Waals surface area contributed by atoms with Gasteiger partial charge >= 0.3 is 0 Å². The van der Waals surface area contributed by atoms with Gasteiger partial charge in [0, 0.05) is 29.1 Å². The molecule has 0 aliphatic carbocycles. The smallest absolute Gasteiger partial charge is 0.233 e. The second-order valence-corrected chi connectivity index (χ2v) is 8.00. The largest absolute Gasteiger partial charge is 0.326 e. The number of anilines is 1. The number of sulfonamides is 1. The van der Waals surface area contributed by atoms with Crippen LogP contribution in [-0.4, -0.2) is 20.9 Å². The first kappa shape index (κ1) is 20.2. The van der Waals surface area contributed by atoms with Crippen LogP contribution in [0.3, 0.4) is 0 Å². The minimum atomic E-state index is -3.60. The lowest BCUT2D eigenvalue weighted by Crippen LogP contribution is -2.26. The van der Waals surface area contributed by atoms with Crippen molar-refractivity contribution in [2.75, 3.05) is 11.9 Å². The standard InChI is InChI=1S/C19H21ClN2O3S/c1-14-3-6-16(7-4-14)10-12-26(24,25)21-11-9-19(23)22-18-13-17(20)8-5-15(18)2/h3-8,10,12-13,21H,9,11H2,1-2H3,(H,22,23)/b12-10+. The van der Waals surface area contributed by atoms with Gasteiger partial charge in [-0.1, -0.05) is 47.5 Å². The average Bonchev–Trinajstić information content (AvgIpc) is 2.57. The molecule has 0 radical (unpaired) electrons. The summed E-state index contributed by atoms with van der Waals surface area (Å²) in [6.45, 7) is 3.82. The van der Waals surface area contributed by atoms with Crippen molar-refractivity contribution in [2.24, 2.45) is 0 Å². The van der Waals surface area contributed by atoms with Gasteiger partial charge in [0.15, 0.2) is 0 Å². The van der Waals surface area contributed by atoms with Crippen molar-refractivity contribution in [3.8, 4) is 0 Å². The van der Waals surface area contributed by atoms with Crippen LogP contribution in [0.4, 0.5) is 5.69 Å². The van der Waals surface area contributed by atoms with E-state index in [1.165, 1.54) is 6.08 Å². The molecule has 0 aliphatic rings. The SMILES string of the molecule is Cc1ccc(/C=C/S(=O)(=O)NCCC(=O)Nc2cc(Cl)ccc2C)cc1. The maximum atomic E-state index is 12.0. The number of hydrogen-bond acceptors (Lipinski definition) is 3. The maximum Gasteiger partial charge on any atom is 0.233 e. The molecule has 2 aromatic rings. The molecule has 26 heavy (non-hydrogen) atoms. The van der Waals surface area contributed by atoms with Gasteiger partial charge in [0.2, 0.25) is 15.9 Å². The zero-order chi connectivity index (χ0) is 19.2. The first-order valence-corrected chi connectivity index (χ1v) is 9.98. The summed E-state index contributed by atoms with van der Waals surface area (Å²) in [5, 5.41) is 4.34. The fraction of sp³-hybridized carbons (Fsp3) is 0.211. The Morgan fingerprint density at radius 2 is 1.81 bits per heavy atom. The van der Waals surface area contributed by atoms with Gasteiger partial charge in [-0.25, -0.2) is 13.1 Å². The van der Waals surface area contributed by atoms with Gasteiger partial charge in [0.05, 0.1) is 0 Å². The molecular weight excluding hydrogens is 372 g/mol. The molecule has 0 unspecified atom stereocenters. The highest BCUT2D eigenvalue weighted by Crippen LogP contribution is 2.20. The summed E-state index contributed by atoms with van der Waals surface area (Å²) in [6, 6.07) is 12.7. The van der Waals surface area contributed by atoms with Gasteiger partial charge in [-0.2, -0.15) is 0 Å². The molecular formula is C19H21ClN2O3S. The summed E-state index contributed by atoms with van der Waals surface area (Å²) < 4.78 is 26.3. The molecule has 0 fully saturated rings. The summed E-state index contributed by atoms with van der Waals surface area (Å²) >= 11 is 5.91. The number of amides is 1. The molecule has 0 saturated heterocycles. The van der Waals surface area contributed by atoms with Gasteiger partial charge in [-0.3, -0.25) is 4.79 Å². The second kappa shape index (κ2) is 8.98. The van der Waals surface area contributed by atoms with Gasteiger partial charge in [-0.15, -0.1) is 0 Å². The summed E-state index contributed by atoms with van der Waals surface area (Å²) in [6.07, 6.45) is 1.53. The molecule has 0 aliphatic heterocycles. The Balaban J connectivity index is 1.84. The van der Waals surface area contributed by atoms with E-state index in [4.69, 9.17) is 11.6 Å². The van der Waals surface area contributed by atoms with Crippen molar-refractivity contribution >= 4 is 39.3 Å². The van der Waals surface area contributed by atoms with E-state index >= 15 is 0 Å². The predicted octanol–water partition coefficient (Wildman–Crippen LogP) is 3.88. The van der Waals surface area contributed by atoms with Crippen LogP contribution < -0.4 is 10.0 Å². The van der Waals surface area contributed by atoms with E-state index < -0.39 is 10.0 Å². The molecule has 0 atom stereocenters. The minimum absolute atomic E-state index is 0.00597. The molecule has 0 aromatic heterocycles. The van der Waals surface area contributed by atoms with Crippen LogP contribution in [0.25, 0.3) is 6.08 Å². The van der Waals surface area contributed by atoms with E-state index in [-0.39, 0.29) is 18.9 Å². The third-order valence-electron chi connectivity index (χ3n) is 3.65. The van der Waals surface area contributed by atoms with Crippen molar-refractivity contribution in [3.05, 3.63) is 69.6 Å². The molecule has 0 heterocycles. The molecule has 7 heteroatoms. The Morgan fingerprint density at radius 1 is 1.12 bits per heavy atom. The lowest BCUT2D eigenvalue weighted by Gasteiger charge is -2.09. The number of halogens is 1. The summed E-state index contributed by atoms with van der Waals surface area (Å²) in [5.74, 6) is -0.291. The third kappa shape index (κ3) is 6.63. The van der Waals surface area contributed by atoms with Crippen molar-refractivity contribution in [3.63, 3.8) is 0 Å². The average molecular weight is 393 g/mol. The quantitative estimate of drug-likeness (QED) is 0.750. The highest BCUT2D eigenvalue weighted by Gasteiger charge is 2.09. The second-order valence-electron chi connectivity index (χ2n) is 5.91. The van der Waals surface area contributed by atoms with Gasteiger partial charge in [0.1, 0.15) is 0 Å². The number of carbonyl (C=O) groups excluding carboxylic acids is 1. The van der Waals surface area contributed by atoms with Gasteiger partial charge < -0.3 is 5.32 Å². The van der Waals surface area contributed by atoms with Crippen LogP contribution >= 0.6 is 11.6 Å². The molecule has 2 rings (SSSR count). The first-order valence-electron chi connectivity index (χ1n) is 8.05. The van der Waals surface area contributed by atoms with Gasteiger partial charge in [-0.05, 0) is 43.2 Å².